The van der Waals surface area contributed by atoms with Crippen molar-refractivity contribution in [3.63, 3.8) is 0 Å². The maximum atomic E-state index is 11.3. The van der Waals surface area contributed by atoms with Crippen molar-refractivity contribution in [3.8, 4) is 0 Å². The molecule has 0 amide bonds. The Kier molecular flexibility index (Phi) is 3.99. The van der Waals surface area contributed by atoms with E-state index < -0.39 is 0 Å². The summed E-state index contributed by atoms with van der Waals surface area (Å²) >= 11 is 0. The molecule has 0 fully saturated rings. The third-order valence-corrected chi connectivity index (χ3v) is 2.45. The van der Waals surface area contributed by atoms with Gasteiger partial charge < -0.3 is 0 Å². The summed E-state index contributed by atoms with van der Waals surface area (Å²) in [5, 5.41) is 0. The standard InChI is InChI=1S/C14H18O2/c1-9(2)5-12-6-13(10(3)15)8-14(7-12)11(4)16/h6-9H,5H2,1-4H3. The first-order valence-electron chi connectivity index (χ1n) is 5.56. The molecule has 0 heterocycles. The van der Waals surface area contributed by atoms with Crippen LogP contribution in [0.5, 0.6) is 0 Å². The third-order valence-electron chi connectivity index (χ3n) is 2.45. The highest BCUT2D eigenvalue weighted by molar-refractivity contribution is 5.99. The van der Waals surface area contributed by atoms with Gasteiger partial charge in [0.1, 0.15) is 0 Å². The molecule has 0 aliphatic rings. The van der Waals surface area contributed by atoms with E-state index in [1.807, 2.05) is 12.1 Å². The molecular weight excluding hydrogens is 200 g/mol. The van der Waals surface area contributed by atoms with Gasteiger partial charge in [-0.2, -0.15) is 0 Å². The molecule has 0 aliphatic heterocycles. The van der Waals surface area contributed by atoms with E-state index in [1.165, 1.54) is 13.8 Å². The fourth-order valence-electron chi connectivity index (χ4n) is 1.69. The lowest BCUT2D eigenvalue weighted by Gasteiger charge is -2.08. The normalized spacial score (nSPS) is 10.6. The highest BCUT2D eigenvalue weighted by Gasteiger charge is 2.08. The Balaban J connectivity index is 3.18. The van der Waals surface area contributed by atoms with Gasteiger partial charge in [0, 0.05) is 11.1 Å². The molecule has 0 bridgehead atoms. The molecule has 2 heteroatoms. The highest BCUT2D eigenvalue weighted by Crippen LogP contribution is 2.15. The molecule has 0 atom stereocenters. The lowest BCUT2D eigenvalue weighted by Crippen LogP contribution is -2.03. The van der Waals surface area contributed by atoms with E-state index in [-0.39, 0.29) is 11.6 Å². The summed E-state index contributed by atoms with van der Waals surface area (Å²) in [6, 6.07) is 5.44. The monoisotopic (exact) mass is 218 g/mol. The molecule has 0 N–H and O–H groups in total. The van der Waals surface area contributed by atoms with Crippen molar-refractivity contribution in [2.24, 2.45) is 5.92 Å². The number of hydrogen-bond donors (Lipinski definition) is 0. The van der Waals surface area contributed by atoms with E-state index in [1.54, 1.807) is 6.07 Å². The van der Waals surface area contributed by atoms with Crippen LogP contribution in [-0.2, 0) is 6.42 Å². The van der Waals surface area contributed by atoms with Crippen LogP contribution >= 0.6 is 0 Å². The number of Topliss-reactive ketones (excluding diaryl/α,β-unsaturated/α-hetero) is 2. The molecule has 0 aromatic heterocycles. The Morgan fingerprint density at radius 1 is 1.00 bits per heavy atom. The van der Waals surface area contributed by atoms with Gasteiger partial charge in [0.05, 0.1) is 0 Å². The van der Waals surface area contributed by atoms with Crippen LogP contribution in [0, 0.1) is 5.92 Å². The zero-order valence-electron chi connectivity index (χ0n) is 10.3. The van der Waals surface area contributed by atoms with Crippen molar-refractivity contribution in [1.29, 1.82) is 0 Å². The van der Waals surface area contributed by atoms with Crippen molar-refractivity contribution >= 4 is 11.6 Å². The largest absolute Gasteiger partial charge is 0.295 e. The molecule has 16 heavy (non-hydrogen) atoms. The molecule has 1 aromatic carbocycles. The van der Waals surface area contributed by atoms with Crippen molar-refractivity contribution in [2.75, 3.05) is 0 Å². The predicted octanol–water partition coefficient (Wildman–Crippen LogP) is 3.29. The van der Waals surface area contributed by atoms with Crippen molar-refractivity contribution < 1.29 is 9.59 Å². The molecule has 1 aromatic rings. The maximum Gasteiger partial charge on any atom is 0.159 e. The molecule has 0 unspecified atom stereocenters. The van der Waals surface area contributed by atoms with Gasteiger partial charge in [-0.25, -0.2) is 0 Å². The minimum absolute atomic E-state index is 0.00751. The summed E-state index contributed by atoms with van der Waals surface area (Å²) in [6.45, 7) is 7.29. The Morgan fingerprint density at radius 3 is 1.75 bits per heavy atom. The quantitative estimate of drug-likeness (QED) is 0.727. The van der Waals surface area contributed by atoms with Crippen LogP contribution in [-0.4, -0.2) is 11.6 Å². The van der Waals surface area contributed by atoms with E-state index in [0.717, 1.165) is 12.0 Å². The van der Waals surface area contributed by atoms with Crippen LogP contribution in [0.2, 0.25) is 0 Å². The molecular formula is C14H18O2. The summed E-state index contributed by atoms with van der Waals surface area (Å²) in [4.78, 5) is 22.7. The molecule has 0 radical (unpaired) electrons. The molecule has 0 saturated heterocycles. The molecule has 2 nitrogen and oxygen atoms in total. The smallest absolute Gasteiger partial charge is 0.159 e. The van der Waals surface area contributed by atoms with Crippen LogP contribution in [0.3, 0.4) is 0 Å². The predicted molar refractivity (Wildman–Crippen MR) is 65.0 cm³/mol. The second kappa shape index (κ2) is 5.06. The number of benzene rings is 1. The summed E-state index contributed by atoms with van der Waals surface area (Å²) in [6.07, 6.45) is 0.890. The highest BCUT2D eigenvalue weighted by atomic mass is 16.1. The van der Waals surface area contributed by atoms with Crippen LogP contribution in [0.25, 0.3) is 0 Å². The zero-order chi connectivity index (χ0) is 12.3. The topological polar surface area (TPSA) is 34.1 Å². The lowest BCUT2D eigenvalue weighted by atomic mass is 9.96. The molecule has 0 saturated carbocycles. The maximum absolute atomic E-state index is 11.3. The minimum Gasteiger partial charge on any atom is -0.295 e. The molecule has 86 valence electrons. The number of carbonyl (C=O) groups excluding carboxylic acids is 2. The summed E-state index contributed by atoms with van der Waals surface area (Å²) in [7, 11) is 0. The first-order chi connectivity index (χ1) is 7.40. The van der Waals surface area contributed by atoms with Crippen LogP contribution < -0.4 is 0 Å². The first-order valence-corrected chi connectivity index (χ1v) is 5.56. The van der Waals surface area contributed by atoms with E-state index >= 15 is 0 Å². The lowest BCUT2D eigenvalue weighted by molar-refractivity contribution is 0.101. The summed E-state index contributed by atoms with van der Waals surface area (Å²) in [5.41, 5.74) is 2.32. The van der Waals surface area contributed by atoms with Crippen molar-refractivity contribution in [3.05, 3.63) is 34.9 Å². The number of carbonyl (C=O) groups is 2. The van der Waals surface area contributed by atoms with Gasteiger partial charge in [0.25, 0.3) is 0 Å². The molecule has 1 rings (SSSR count). The van der Waals surface area contributed by atoms with Crippen LogP contribution in [0.1, 0.15) is 54.0 Å². The van der Waals surface area contributed by atoms with Crippen molar-refractivity contribution in [2.45, 2.75) is 34.1 Å². The average molecular weight is 218 g/mol. The Labute approximate surface area is 96.7 Å². The number of ketones is 2. The van der Waals surface area contributed by atoms with Gasteiger partial charge in [0.2, 0.25) is 0 Å². The van der Waals surface area contributed by atoms with Gasteiger partial charge in [-0.3, -0.25) is 9.59 Å². The Morgan fingerprint density at radius 2 is 1.44 bits per heavy atom. The van der Waals surface area contributed by atoms with E-state index in [0.29, 0.717) is 17.0 Å². The second-order valence-corrected chi connectivity index (χ2v) is 4.63. The Hall–Kier alpha value is -1.44. The van der Waals surface area contributed by atoms with Gasteiger partial charge in [-0.05, 0) is 49.9 Å². The van der Waals surface area contributed by atoms with E-state index in [9.17, 15) is 9.59 Å². The fraction of sp³-hybridized carbons (Fsp3) is 0.429. The minimum atomic E-state index is 0.00751. The van der Waals surface area contributed by atoms with E-state index in [2.05, 4.69) is 13.8 Å². The third kappa shape index (κ3) is 3.30. The van der Waals surface area contributed by atoms with Gasteiger partial charge in [-0.15, -0.1) is 0 Å². The average Bonchev–Trinajstić information content (AvgIpc) is 2.15. The van der Waals surface area contributed by atoms with Gasteiger partial charge >= 0.3 is 0 Å². The first kappa shape index (κ1) is 12.6. The molecule has 0 spiro atoms. The SMILES string of the molecule is CC(=O)c1cc(CC(C)C)cc(C(C)=O)c1. The number of hydrogen-bond acceptors (Lipinski definition) is 2. The zero-order valence-corrected chi connectivity index (χ0v) is 10.3. The van der Waals surface area contributed by atoms with Gasteiger partial charge in [-0.1, -0.05) is 13.8 Å². The van der Waals surface area contributed by atoms with Crippen LogP contribution in [0.15, 0.2) is 18.2 Å². The van der Waals surface area contributed by atoms with Crippen molar-refractivity contribution in [1.82, 2.24) is 0 Å². The summed E-state index contributed by atoms with van der Waals surface area (Å²) in [5.74, 6) is 0.531. The second-order valence-electron chi connectivity index (χ2n) is 4.63. The van der Waals surface area contributed by atoms with Gasteiger partial charge in [0.15, 0.2) is 11.6 Å². The number of rotatable bonds is 4. The fourth-order valence-corrected chi connectivity index (χ4v) is 1.69. The summed E-state index contributed by atoms with van der Waals surface area (Å²) < 4.78 is 0. The molecule has 0 aliphatic carbocycles. The van der Waals surface area contributed by atoms with Crippen LogP contribution in [0.4, 0.5) is 0 Å². The van der Waals surface area contributed by atoms with E-state index in [4.69, 9.17) is 0 Å². The Bertz CT molecular complexity index is 384.